The first-order valence-electron chi connectivity index (χ1n) is 12.5. The summed E-state index contributed by atoms with van der Waals surface area (Å²) in [4.78, 5) is 32.2. The van der Waals surface area contributed by atoms with E-state index in [0.29, 0.717) is 26.4 Å². The second-order valence-electron chi connectivity index (χ2n) is 9.21. The van der Waals surface area contributed by atoms with Crippen LogP contribution in [0.2, 0.25) is 0 Å². The molecule has 0 radical (unpaired) electrons. The van der Waals surface area contributed by atoms with E-state index in [1.54, 1.807) is 25.5 Å². The van der Waals surface area contributed by atoms with Gasteiger partial charge < -0.3 is 14.0 Å². The van der Waals surface area contributed by atoms with Crippen LogP contribution in [0.25, 0.3) is 11.8 Å². The average molecular weight is 607 g/mol. The van der Waals surface area contributed by atoms with Gasteiger partial charge in [0, 0.05) is 21.5 Å². The monoisotopic (exact) mass is 605 g/mol. The van der Waals surface area contributed by atoms with E-state index in [4.69, 9.17) is 9.47 Å². The molecule has 1 aliphatic heterocycles. The standard InChI is InChI=1S/C30H28BrN3O4S/c1-6-38-29(36)26-18(3)32-30-34(27(26)20-7-13-24(37-5)14-8-20)28(35)25(39-30)16-21-15-17(2)33(19(21)4)23-11-9-22(31)10-12-23/h7-16,27H,6H2,1-5H3/b25-16+/t27-/m1/s1. The number of nitrogens with zero attached hydrogens (tertiary/aromatic N) is 3. The summed E-state index contributed by atoms with van der Waals surface area (Å²) >= 11 is 4.81. The van der Waals surface area contributed by atoms with Crippen molar-refractivity contribution in [2.45, 2.75) is 33.7 Å². The SMILES string of the molecule is CCOC(=O)C1=C(C)N=c2s/c(=C/c3cc(C)n(-c4ccc(Br)cc4)c3C)c(=O)n2[C@@H]1c1ccc(OC)cc1. The molecule has 0 bridgehead atoms. The van der Waals surface area contributed by atoms with Gasteiger partial charge in [-0.1, -0.05) is 39.4 Å². The van der Waals surface area contributed by atoms with Crippen molar-refractivity contribution in [3.63, 3.8) is 0 Å². The summed E-state index contributed by atoms with van der Waals surface area (Å²) in [6.07, 6.45) is 1.91. The molecular weight excluding hydrogens is 578 g/mol. The molecule has 0 saturated heterocycles. The first-order valence-corrected chi connectivity index (χ1v) is 14.1. The summed E-state index contributed by atoms with van der Waals surface area (Å²) in [5.74, 6) is 0.206. The van der Waals surface area contributed by atoms with Crippen LogP contribution in [-0.4, -0.2) is 28.8 Å². The molecule has 7 nitrogen and oxygen atoms in total. The van der Waals surface area contributed by atoms with Gasteiger partial charge in [-0.3, -0.25) is 9.36 Å². The number of thiazole rings is 1. The van der Waals surface area contributed by atoms with Gasteiger partial charge in [0.05, 0.1) is 35.6 Å². The van der Waals surface area contributed by atoms with Crippen molar-refractivity contribution >= 4 is 39.3 Å². The predicted octanol–water partition coefficient (Wildman–Crippen LogP) is 4.98. The molecule has 3 heterocycles. The number of benzene rings is 2. The van der Waals surface area contributed by atoms with E-state index in [-0.39, 0.29) is 12.2 Å². The largest absolute Gasteiger partial charge is 0.497 e. The fourth-order valence-corrected chi connectivity index (χ4v) is 6.26. The number of carbonyl (C=O) groups excluding carboxylic acids is 1. The summed E-state index contributed by atoms with van der Waals surface area (Å²) < 4.78 is 16.0. The van der Waals surface area contributed by atoms with Crippen LogP contribution >= 0.6 is 27.3 Å². The third-order valence-corrected chi connectivity index (χ3v) is 8.30. The number of carbonyl (C=O) groups is 1. The van der Waals surface area contributed by atoms with Crippen LogP contribution in [0.15, 0.2) is 80.1 Å². The van der Waals surface area contributed by atoms with Crippen molar-refractivity contribution in [3.05, 3.63) is 113 Å². The number of aromatic nitrogens is 2. The maximum Gasteiger partial charge on any atom is 0.338 e. The summed E-state index contributed by atoms with van der Waals surface area (Å²) in [6, 6.07) is 16.9. The maximum atomic E-state index is 13.9. The summed E-state index contributed by atoms with van der Waals surface area (Å²) in [5.41, 5.74) is 5.54. The maximum absolute atomic E-state index is 13.9. The van der Waals surface area contributed by atoms with Crippen LogP contribution in [0.3, 0.4) is 0 Å². The van der Waals surface area contributed by atoms with Gasteiger partial charge in [-0.2, -0.15) is 0 Å². The Bertz CT molecular complexity index is 1780. The Kier molecular flexibility index (Phi) is 7.46. The van der Waals surface area contributed by atoms with E-state index in [2.05, 4.69) is 43.7 Å². The van der Waals surface area contributed by atoms with Crippen LogP contribution < -0.4 is 19.6 Å². The molecule has 200 valence electrons. The van der Waals surface area contributed by atoms with Gasteiger partial charge in [0.15, 0.2) is 4.80 Å². The number of aryl methyl sites for hydroxylation is 1. The van der Waals surface area contributed by atoms with Crippen LogP contribution in [0.5, 0.6) is 5.75 Å². The minimum Gasteiger partial charge on any atom is -0.497 e. The topological polar surface area (TPSA) is 74.8 Å². The highest BCUT2D eigenvalue weighted by Gasteiger charge is 2.33. The van der Waals surface area contributed by atoms with Crippen molar-refractivity contribution in [2.75, 3.05) is 13.7 Å². The molecule has 4 aromatic rings. The molecule has 0 unspecified atom stereocenters. The lowest BCUT2D eigenvalue weighted by Gasteiger charge is -2.24. The lowest BCUT2D eigenvalue weighted by atomic mass is 9.96. The Hall–Kier alpha value is -3.69. The zero-order valence-corrected chi connectivity index (χ0v) is 24.7. The predicted molar refractivity (Wildman–Crippen MR) is 156 cm³/mol. The van der Waals surface area contributed by atoms with E-state index in [1.165, 1.54) is 11.3 Å². The Morgan fingerprint density at radius 1 is 1.10 bits per heavy atom. The van der Waals surface area contributed by atoms with Gasteiger partial charge in [0.1, 0.15) is 5.75 Å². The van der Waals surface area contributed by atoms with Crippen LogP contribution in [-0.2, 0) is 9.53 Å². The highest BCUT2D eigenvalue weighted by Crippen LogP contribution is 2.31. The number of esters is 1. The molecule has 5 rings (SSSR count). The van der Waals surface area contributed by atoms with Crippen molar-refractivity contribution < 1.29 is 14.3 Å². The van der Waals surface area contributed by atoms with Crippen LogP contribution in [0.1, 0.15) is 42.4 Å². The van der Waals surface area contributed by atoms with Crippen molar-refractivity contribution in [1.82, 2.24) is 9.13 Å². The third-order valence-electron chi connectivity index (χ3n) is 6.79. The van der Waals surface area contributed by atoms with Crippen LogP contribution in [0, 0.1) is 13.8 Å². The number of rotatable bonds is 6. The second-order valence-corrected chi connectivity index (χ2v) is 11.1. The van der Waals surface area contributed by atoms with E-state index < -0.39 is 12.0 Å². The molecule has 39 heavy (non-hydrogen) atoms. The smallest absolute Gasteiger partial charge is 0.338 e. The molecule has 0 saturated carbocycles. The quantitative estimate of drug-likeness (QED) is 0.291. The van der Waals surface area contributed by atoms with Gasteiger partial charge in [0.2, 0.25) is 0 Å². The highest BCUT2D eigenvalue weighted by atomic mass is 79.9. The zero-order chi connectivity index (χ0) is 27.8. The molecular formula is C30H28BrN3O4S. The lowest BCUT2D eigenvalue weighted by Crippen LogP contribution is -2.39. The van der Waals surface area contributed by atoms with Gasteiger partial charge >= 0.3 is 5.97 Å². The number of halogens is 1. The molecule has 1 aliphatic rings. The first-order chi connectivity index (χ1) is 18.7. The minimum atomic E-state index is -0.663. The fourth-order valence-electron chi connectivity index (χ4n) is 4.96. The molecule has 2 aromatic carbocycles. The van der Waals surface area contributed by atoms with E-state index >= 15 is 0 Å². The molecule has 1 atom stereocenters. The summed E-state index contributed by atoms with van der Waals surface area (Å²) in [5, 5.41) is 0. The number of fused-ring (bicyclic) bond motifs is 1. The molecule has 9 heteroatoms. The van der Waals surface area contributed by atoms with Gasteiger partial charge in [-0.05, 0) is 87.4 Å². The van der Waals surface area contributed by atoms with E-state index in [0.717, 1.165) is 32.7 Å². The Balaban J connectivity index is 1.68. The summed E-state index contributed by atoms with van der Waals surface area (Å²) in [6.45, 7) is 7.86. The molecule has 2 aromatic heterocycles. The average Bonchev–Trinajstić information content (AvgIpc) is 3.38. The van der Waals surface area contributed by atoms with E-state index in [9.17, 15) is 9.59 Å². The van der Waals surface area contributed by atoms with Crippen LogP contribution in [0.4, 0.5) is 0 Å². The van der Waals surface area contributed by atoms with Gasteiger partial charge in [-0.15, -0.1) is 0 Å². The Morgan fingerprint density at radius 3 is 2.44 bits per heavy atom. The zero-order valence-electron chi connectivity index (χ0n) is 22.3. The van der Waals surface area contributed by atoms with Crippen molar-refractivity contribution in [3.8, 4) is 11.4 Å². The Morgan fingerprint density at radius 2 is 1.79 bits per heavy atom. The van der Waals surface area contributed by atoms with E-state index in [1.807, 2.05) is 56.3 Å². The number of hydrogen-bond acceptors (Lipinski definition) is 6. The van der Waals surface area contributed by atoms with Crippen molar-refractivity contribution in [2.24, 2.45) is 4.99 Å². The Labute approximate surface area is 238 Å². The molecule has 0 fully saturated rings. The molecule has 0 aliphatic carbocycles. The molecule has 0 amide bonds. The third kappa shape index (κ3) is 4.92. The van der Waals surface area contributed by atoms with Gasteiger partial charge in [-0.25, -0.2) is 9.79 Å². The number of allylic oxidation sites excluding steroid dienone is 1. The normalized spacial score (nSPS) is 15.2. The second kappa shape index (κ2) is 10.8. The lowest BCUT2D eigenvalue weighted by molar-refractivity contribution is -0.139. The molecule has 0 N–H and O–H groups in total. The fraction of sp³-hybridized carbons (Fsp3) is 0.233. The number of hydrogen-bond donors (Lipinski definition) is 0. The molecule has 0 spiro atoms. The number of methoxy groups -OCH3 is 1. The highest BCUT2D eigenvalue weighted by molar-refractivity contribution is 9.10. The van der Waals surface area contributed by atoms with Crippen molar-refractivity contribution in [1.29, 1.82) is 0 Å². The number of ether oxygens (including phenoxy) is 2. The summed E-state index contributed by atoms with van der Waals surface area (Å²) in [7, 11) is 1.60. The minimum absolute atomic E-state index is 0.206. The van der Waals surface area contributed by atoms with Gasteiger partial charge in [0.25, 0.3) is 5.56 Å². The first kappa shape index (κ1) is 26.9.